The highest BCUT2D eigenvalue weighted by Gasteiger charge is 2.41. The van der Waals surface area contributed by atoms with Crippen LogP contribution in [0.2, 0.25) is 0 Å². The van der Waals surface area contributed by atoms with Gasteiger partial charge in [0.2, 0.25) is 0 Å². The molecule has 1 heterocycles. The molecule has 0 radical (unpaired) electrons. The van der Waals surface area contributed by atoms with Gasteiger partial charge in [-0.1, -0.05) is 64.1 Å². The molecular formula is C31H52N2. The van der Waals surface area contributed by atoms with Crippen molar-refractivity contribution in [1.82, 2.24) is 4.90 Å². The number of fused-ring (bicyclic) bond motifs is 2. The van der Waals surface area contributed by atoms with E-state index in [1.54, 1.807) is 0 Å². The monoisotopic (exact) mass is 452 g/mol. The molecule has 0 atom stereocenters. The Kier molecular flexibility index (Phi) is 7.12. The van der Waals surface area contributed by atoms with Crippen molar-refractivity contribution in [2.75, 3.05) is 19.0 Å². The van der Waals surface area contributed by atoms with Gasteiger partial charge in [-0.15, -0.1) is 0 Å². The van der Waals surface area contributed by atoms with Crippen LogP contribution >= 0.6 is 0 Å². The zero-order chi connectivity index (χ0) is 24.7. The van der Waals surface area contributed by atoms with Gasteiger partial charge in [0.05, 0.1) is 0 Å². The third-order valence-corrected chi connectivity index (χ3v) is 7.72. The molecule has 2 nitrogen and oxygen atoms in total. The second kappa shape index (κ2) is 9.10. The predicted molar refractivity (Wildman–Crippen MR) is 150 cm³/mol. The van der Waals surface area contributed by atoms with Crippen LogP contribution in [0.25, 0.3) is 0 Å². The van der Waals surface area contributed by atoms with E-state index < -0.39 is 0 Å². The molecule has 0 saturated heterocycles. The van der Waals surface area contributed by atoms with Gasteiger partial charge < -0.3 is 9.80 Å². The molecule has 0 amide bonds. The molecule has 0 N–H and O–H groups in total. The van der Waals surface area contributed by atoms with Crippen molar-refractivity contribution < 1.29 is 2.85 Å². The van der Waals surface area contributed by atoms with Gasteiger partial charge in [-0.25, -0.2) is 0 Å². The first kappa shape index (κ1) is 25.8. The van der Waals surface area contributed by atoms with Crippen molar-refractivity contribution in [2.24, 2.45) is 10.8 Å². The van der Waals surface area contributed by atoms with Crippen molar-refractivity contribution in [3.05, 3.63) is 59.7 Å². The molecule has 1 aliphatic heterocycles. The third kappa shape index (κ3) is 6.01. The van der Waals surface area contributed by atoms with E-state index in [4.69, 9.17) is 0 Å². The fraction of sp³-hybridized carbons (Fsp3) is 0.613. The van der Waals surface area contributed by atoms with E-state index >= 15 is 0 Å². The van der Waals surface area contributed by atoms with Crippen LogP contribution in [0.1, 0.15) is 88.6 Å². The van der Waals surface area contributed by atoms with Crippen LogP contribution in [0.5, 0.6) is 0 Å². The number of anilines is 2. The third-order valence-electron chi connectivity index (χ3n) is 7.72. The molecular weight excluding hydrogens is 400 g/mol. The Labute approximate surface area is 207 Å². The highest BCUT2D eigenvalue weighted by molar-refractivity contribution is 5.73. The largest absolute Gasteiger partial charge is 0.335 e. The number of benzene rings is 2. The van der Waals surface area contributed by atoms with Gasteiger partial charge in [0, 0.05) is 25.3 Å². The van der Waals surface area contributed by atoms with E-state index in [0.29, 0.717) is 0 Å². The molecule has 0 spiro atoms. The minimum atomic E-state index is -0.00675. The number of nitrogens with zero attached hydrogens (tertiary/aromatic N) is 2. The first-order chi connectivity index (χ1) is 15.1. The fourth-order valence-corrected chi connectivity index (χ4v) is 6.93. The van der Waals surface area contributed by atoms with Gasteiger partial charge in [-0.2, -0.15) is 0 Å². The van der Waals surface area contributed by atoms with Crippen LogP contribution < -0.4 is 4.90 Å². The quantitative estimate of drug-likeness (QED) is 0.395. The molecule has 0 aliphatic carbocycles. The summed E-state index contributed by atoms with van der Waals surface area (Å²) in [6, 6.07) is 18.1. The van der Waals surface area contributed by atoms with Crippen molar-refractivity contribution >= 4 is 11.4 Å². The van der Waals surface area contributed by atoms with Crippen LogP contribution in [0.4, 0.5) is 11.4 Å². The maximum atomic E-state index is 2.66. The van der Waals surface area contributed by atoms with Gasteiger partial charge in [-0.3, -0.25) is 0 Å². The van der Waals surface area contributed by atoms with Crippen LogP contribution in [-0.2, 0) is 12.8 Å². The lowest BCUT2D eigenvalue weighted by Gasteiger charge is -2.48. The minimum absolute atomic E-state index is 0. The molecule has 0 fully saturated rings. The lowest BCUT2D eigenvalue weighted by atomic mass is 9.66. The average Bonchev–Trinajstić information content (AvgIpc) is 2.82. The normalized spacial score (nSPS) is 15.3. The SMILES string of the molecule is CN(C)C(C)(C)CC(C)(C)CC(C)(C)CC(C)(C)N1c2ccccc2CCc2ccccc21.[HH].[HH]. The summed E-state index contributed by atoms with van der Waals surface area (Å²) in [5, 5.41) is 0. The Morgan fingerprint density at radius 1 is 0.667 bits per heavy atom. The molecule has 0 unspecified atom stereocenters. The number of aryl methyl sites for hydroxylation is 2. The summed E-state index contributed by atoms with van der Waals surface area (Å²) < 4.78 is 0. The second-order valence-electron chi connectivity index (χ2n) is 13.5. The lowest BCUT2D eigenvalue weighted by molar-refractivity contribution is 0.0777. The smallest absolute Gasteiger partial charge is 0.0448 e. The first-order valence-corrected chi connectivity index (χ1v) is 12.8. The molecule has 0 saturated carbocycles. The Bertz CT molecular complexity index is 912. The number of para-hydroxylation sites is 2. The maximum absolute atomic E-state index is 2.66. The fourth-order valence-electron chi connectivity index (χ4n) is 6.93. The summed E-state index contributed by atoms with van der Waals surface area (Å²) in [5.74, 6) is 0. The molecule has 2 aromatic rings. The van der Waals surface area contributed by atoms with Crippen molar-refractivity contribution in [3.8, 4) is 0 Å². The highest BCUT2D eigenvalue weighted by atomic mass is 15.2. The van der Waals surface area contributed by atoms with E-state index in [1.807, 2.05) is 0 Å². The summed E-state index contributed by atoms with van der Waals surface area (Å²) in [4.78, 5) is 5.03. The summed E-state index contributed by atoms with van der Waals surface area (Å²) >= 11 is 0. The molecule has 0 aromatic heterocycles. The minimum Gasteiger partial charge on any atom is -0.335 e. The van der Waals surface area contributed by atoms with Gasteiger partial charge >= 0.3 is 0 Å². The van der Waals surface area contributed by atoms with Crippen molar-refractivity contribution in [1.29, 1.82) is 0 Å². The molecule has 2 aromatic carbocycles. The summed E-state index contributed by atoms with van der Waals surface area (Å²) in [6.45, 7) is 19.5. The number of rotatable bonds is 8. The number of hydrogen-bond acceptors (Lipinski definition) is 2. The van der Waals surface area contributed by atoms with Crippen LogP contribution in [-0.4, -0.2) is 30.1 Å². The van der Waals surface area contributed by atoms with Crippen LogP contribution in [0, 0.1) is 10.8 Å². The van der Waals surface area contributed by atoms with Gasteiger partial charge in [0.25, 0.3) is 0 Å². The lowest BCUT2D eigenvalue weighted by Crippen LogP contribution is -2.46. The number of hydrogen-bond donors (Lipinski definition) is 0. The summed E-state index contributed by atoms with van der Waals surface area (Å²) in [6.07, 6.45) is 5.74. The van der Waals surface area contributed by atoms with Crippen molar-refractivity contribution in [3.63, 3.8) is 0 Å². The summed E-state index contributed by atoms with van der Waals surface area (Å²) in [7, 11) is 4.41. The Balaban J connectivity index is 0.00000306. The predicted octanol–water partition coefficient (Wildman–Crippen LogP) is 8.76. The standard InChI is InChI=1S/C31H48N2.2H2/c1-28(2,22-30(5,6)32(9)10)21-29(3,4)23-31(7,8)33-26-17-13-11-15-24(26)19-20-25-16-12-14-18-27(25)33;;/h11-18H,19-23H2,1-10H3;2*1H. The zero-order valence-electron chi connectivity index (χ0n) is 23.0. The molecule has 3 rings (SSSR count). The van der Waals surface area contributed by atoms with Crippen LogP contribution in [0.3, 0.4) is 0 Å². The molecule has 2 heteroatoms. The summed E-state index contributed by atoms with van der Waals surface area (Å²) in [5.41, 5.74) is 6.37. The van der Waals surface area contributed by atoms with E-state index in [9.17, 15) is 0 Å². The van der Waals surface area contributed by atoms with E-state index in [2.05, 4.69) is 128 Å². The van der Waals surface area contributed by atoms with E-state index in [1.165, 1.54) is 35.3 Å². The Morgan fingerprint density at radius 3 is 1.55 bits per heavy atom. The molecule has 186 valence electrons. The van der Waals surface area contributed by atoms with Crippen LogP contribution in [0.15, 0.2) is 48.5 Å². The maximum Gasteiger partial charge on any atom is 0.0448 e. The average molecular weight is 453 g/mol. The van der Waals surface area contributed by atoms with E-state index in [0.717, 1.165) is 19.3 Å². The molecule has 1 aliphatic rings. The first-order valence-electron chi connectivity index (χ1n) is 12.8. The molecule has 33 heavy (non-hydrogen) atoms. The van der Waals surface area contributed by atoms with Gasteiger partial charge in [0.15, 0.2) is 0 Å². The highest BCUT2D eigenvalue weighted by Crippen LogP contribution is 2.48. The van der Waals surface area contributed by atoms with E-state index in [-0.39, 0.29) is 24.8 Å². The zero-order valence-corrected chi connectivity index (χ0v) is 23.0. The Hall–Kier alpha value is -1.80. The van der Waals surface area contributed by atoms with Crippen molar-refractivity contribution in [2.45, 2.75) is 98.6 Å². The Morgan fingerprint density at radius 2 is 1.09 bits per heavy atom. The topological polar surface area (TPSA) is 6.48 Å². The second-order valence-corrected chi connectivity index (χ2v) is 13.5. The van der Waals surface area contributed by atoms with Gasteiger partial charge in [-0.05, 0) is 108 Å². The molecule has 0 bridgehead atoms. The van der Waals surface area contributed by atoms with Gasteiger partial charge in [0.1, 0.15) is 0 Å².